The lowest BCUT2D eigenvalue weighted by Gasteiger charge is -2.14. The maximum absolute atomic E-state index is 5.96. The van der Waals surface area contributed by atoms with Gasteiger partial charge in [0.05, 0.1) is 24.5 Å². The van der Waals surface area contributed by atoms with Crippen molar-refractivity contribution in [1.29, 1.82) is 0 Å². The molecule has 0 saturated heterocycles. The molecule has 0 bridgehead atoms. The van der Waals surface area contributed by atoms with Gasteiger partial charge in [0.1, 0.15) is 13.1 Å². The van der Waals surface area contributed by atoms with Crippen molar-refractivity contribution in [2.75, 3.05) is 7.05 Å². The third-order valence-electron chi connectivity index (χ3n) is 3.69. The Morgan fingerprint density at radius 2 is 1.73 bits per heavy atom. The lowest BCUT2D eigenvalue weighted by Crippen LogP contribution is -3.06. The van der Waals surface area contributed by atoms with Crippen LogP contribution in [-0.4, -0.2) is 17.2 Å². The fourth-order valence-corrected chi connectivity index (χ4v) is 2.77. The van der Waals surface area contributed by atoms with Gasteiger partial charge in [-0.3, -0.25) is 5.10 Å². The molecule has 0 fully saturated rings. The highest BCUT2D eigenvalue weighted by molar-refractivity contribution is 6.30. The number of nitrogens with zero attached hydrogens (tertiary/aromatic N) is 1. The van der Waals surface area contributed by atoms with Crippen LogP contribution >= 0.6 is 11.6 Å². The van der Waals surface area contributed by atoms with Gasteiger partial charge in [-0.1, -0.05) is 54.1 Å². The lowest BCUT2D eigenvalue weighted by atomic mass is 10.1. The van der Waals surface area contributed by atoms with Gasteiger partial charge in [0.25, 0.3) is 0 Å². The Morgan fingerprint density at radius 1 is 1.00 bits per heavy atom. The summed E-state index contributed by atoms with van der Waals surface area (Å²) >= 11 is 5.96. The Labute approximate surface area is 135 Å². The molecule has 1 unspecified atom stereocenters. The second-order valence-electron chi connectivity index (χ2n) is 5.57. The molecule has 22 heavy (non-hydrogen) atoms. The first-order chi connectivity index (χ1) is 10.7. The van der Waals surface area contributed by atoms with Crippen LogP contribution in [0.15, 0.2) is 60.8 Å². The average Bonchev–Trinajstić information content (AvgIpc) is 2.97. The minimum absolute atomic E-state index is 0.747. The monoisotopic (exact) mass is 312 g/mol. The second kappa shape index (κ2) is 6.77. The summed E-state index contributed by atoms with van der Waals surface area (Å²) in [5.41, 5.74) is 4.75. The van der Waals surface area contributed by atoms with Crippen molar-refractivity contribution >= 4 is 11.6 Å². The molecule has 3 rings (SSSR count). The van der Waals surface area contributed by atoms with E-state index in [1.54, 1.807) is 0 Å². The van der Waals surface area contributed by atoms with Gasteiger partial charge in [0.2, 0.25) is 0 Å². The van der Waals surface area contributed by atoms with Crippen LogP contribution in [-0.2, 0) is 13.1 Å². The zero-order valence-electron chi connectivity index (χ0n) is 12.5. The fourth-order valence-electron chi connectivity index (χ4n) is 2.64. The normalized spacial score (nSPS) is 12.3. The molecule has 2 aromatic carbocycles. The molecule has 2 N–H and O–H groups in total. The average molecular weight is 313 g/mol. The summed E-state index contributed by atoms with van der Waals surface area (Å²) in [5, 5.41) is 8.06. The topological polar surface area (TPSA) is 33.1 Å². The molecule has 0 saturated carbocycles. The van der Waals surface area contributed by atoms with Crippen molar-refractivity contribution < 1.29 is 4.90 Å². The summed E-state index contributed by atoms with van der Waals surface area (Å²) in [7, 11) is 2.20. The Bertz CT molecular complexity index is 720. The molecular formula is C18H19ClN3+. The molecule has 1 atom stereocenters. The second-order valence-corrected chi connectivity index (χ2v) is 6.01. The zero-order valence-corrected chi connectivity index (χ0v) is 13.3. The summed E-state index contributed by atoms with van der Waals surface area (Å²) in [5.74, 6) is 0. The summed E-state index contributed by atoms with van der Waals surface area (Å²) in [6.07, 6.45) is 1.92. The zero-order chi connectivity index (χ0) is 15.4. The Kier molecular flexibility index (Phi) is 4.56. The van der Waals surface area contributed by atoms with Crippen molar-refractivity contribution in [2.24, 2.45) is 0 Å². The third-order valence-corrected chi connectivity index (χ3v) is 3.94. The van der Waals surface area contributed by atoms with Gasteiger partial charge < -0.3 is 4.90 Å². The van der Waals surface area contributed by atoms with E-state index in [1.165, 1.54) is 16.0 Å². The standard InChI is InChI=1S/C18H18ClN3/c1-22(12-14-5-3-2-4-6-14)13-16-11-20-21-18(16)15-7-9-17(19)10-8-15/h2-11H,12-13H2,1H3,(H,20,21)/p+1. The van der Waals surface area contributed by atoms with Gasteiger partial charge in [-0.25, -0.2) is 0 Å². The van der Waals surface area contributed by atoms with Crippen LogP contribution in [0.25, 0.3) is 11.3 Å². The van der Waals surface area contributed by atoms with Crippen molar-refractivity contribution in [2.45, 2.75) is 13.1 Å². The molecule has 0 spiro atoms. The first-order valence-corrected chi connectivity index (χ1v) is 7.73. The molecular weight excluding hydrogens is 294 g/mol. The number of aromatic nitrogens is 2. The van der Waals surface area contributed by atoms with E-state index in [0.717, 1.165) is 29.4 Å². The molecule has 0 aliphatic carbocycles. The maximum Gasteiger partial charge on any atom is 0.107 e. The van der Waals surface area contributed by atoms with Crippen LogP contribution in [0.1, 0.15) is 11.1 Å². The van der Waals surface area contributed by atoms with Gasteiger partial charge in [-0.05, 0) is 12.1 Å². The first-order valence-electron chi connectivity index (χ1n) is 7.36. The van der Waals surface area contributed by atoms with Crippen molar-refractivity contribution in [3.05, 3.63) is 76.9 Å². The fraction of sp³-hybridized carbons (Fsp3) is 0.167. The van der Waals surface area contributed by atoms with Crippen molar-refractivity contribution in [3.63, 3.8) is 0 Å². The highest BCUT2D eigenvalue weighted by Gasteiger charge is 2.12. The quantitative estimate of drug-likeness (QED) is 0.746. The van der Waals surface area contributed by atoms with Crippen LogP contribution in [0, 0.1) is 0 Å². The molecule has 3 aromatic rings. The van der Waals surface area contributed by atoms with Crippen LogP contribution in [0.3, 0.4) is 0 Å². The molecule has 0 radical (unpaired) electrons. The predicted molar refractivity (Wildman–Crippen MR) is 89.8 cm³/mol. The van der Waals surface area contributed by atoms with Crippen LogP contribution in [0.2, 0.25) is 5.02 Å². The number of hydrogen-bond acceptors (Lipinski definition) is 1. The van der Waals surface area contributed by atoms with E-state index in [2.05, 4.69) is 41.5 Å². The number of benzene rings is 2. The largest absolute Gasteiger partial charge is 0.330 e. The summed E-state index contributed by atoms with van der Waals surface area (Å²) in [4.78, 5) is 1.42. The number of quaternary nitrogens is 1. The van der Waals surface area contributed by atoms with Crippen LogP contribution < -0.4 is 4.90 Å². The summed E-state index contributed by atoms with van der Waals surface area (Å²) < 4.78 is 0. The van der Waals surface area contributed by atoms with Crippen molar-refractivity contribution in [1.82, 2.24) is 10.2 Å². The number of H-pyrrole nitrogens is 1. The Hall–Kier alpha value is -2.10. The first kappa shape index (κ1) is 14.8. The van der Waals surface area contributed by atoms with Crippen molar-refractivity contribution in [3.8, 4) is 11.3 Å². The highest BCUT2D eigenvalue weighted by atomic mass is 35.5. The molecule has 0 aliphatic heterocycles. The third kappa shape index (κ3) is 3.56. The molecule has 112 valence electrons. The molecule has 1 aromatic heterocycles. The predicted octanol–water partition coefficient (Wildman–Crippen LogP) is 2.95. The van der Waals surface area contributed by atoms with Gasteiger partial charge in [0, 0.05) is 16.1 Å². The molecule has 0 aliphatic rings. The SMILES string of the molecule is C[NH+](Cc1ccccc1)Cc1cn[nH]c1-c1ccc(Cl)cc1. The van der Waals surface area contributed by atoms with E-state index >= 15 is 0 Å². The lowest BCUT2D eigenvalue weighted by molar-refractivity contribution is -0.907. The van der Waals surface area contributed by atoms with Gasteiger partial charge in [-0.2, -0.15) is 5.10 Å². The number of nitrogens with one attached hydrogen (secondary N) is 2. The van der Waals surface area contributed by atoms with E-state index in [-0.39, 0.29) is 0 Å². The minimum atomic E-state index is 0.747. The molecule has 3 nitrogen and oxygen atoms in total. The summed E-state index contributed by atoms with van der Waals surface area (Å²) in [6, 6.07) is 18.4. The maximum atomic E-state index is 5.96. The molecule has 4 heteroatoms. The Morgan fingerprint density at radius 3 is 2.45 bits per heavy atom. The molecule has 0 amide bonds. The smallest absolute Gasteiger partial charge is 0.107 e. The Balaban J connectivity index is 1.73. The van der Waals surface area contributed by atoms with Gasteiger partial charge in [0.15, 0.2) is 0 Å². The van der Waals surface area contributed by atoms with Crippen LogP contribution in [0.5, 0.6) is 0 Å². The van der Waals surface area contributed by atoms with E-state index in [9.17, 15) is 0 Å². The minimum Gasteiger partial charge on any atom is -0.330 e. The van der Waals surface area contributed by atoms with Crippen LogP contribution in [0.4, 0.5) is 0 Å². The molecule has 1 heterocycles. The van der Waals surface area contributed by atoms with E-state index in [4.69, 9.17) is 11.6 Å². The summed E-state index contributed by atoms with van der Waals surface area (Å²) in [6.45, 7) is 1.91. The number of rotatable bonds is 5. The van der Waals surface area contributed by atoms with Gasteiger partial charge in [-0.15, -0.1) is 0 Å². The van der Waals surface area contributed by atoms with Gasteiger partial charge >= 0.3 is 0 Å². The number of hydrogen-bond donors (Lipinski definition) is 2. The number of aromatic amines is 1. The highest BCUT2D eigenvalue weighted by Crippen LogP contribution is 2.22. The van der Waals surface area contributed by atoms with E-state index in [1.807, 2.05) is 36.5 Å². The van der Waals surface area contributed by atoms with E-state index in [0.29, 0.717) is 0 Å². The van der Waals surface area contributed by atoms with E-state index < -0.39 is 0 Å². The number of halogens is 1.